The number of rotatable bonds is 4. The number of sulfonamides is 1. The van der Waals surface area contributed by atoms with E-state index in [0.717, 1.165) is 6.42 Å². The van der Waals surface area contributed by atoms with Crippen molar-refractivity contribution in [2.45, 2.75) is 18.2 Å². The SMILES string of the molecule is CCCN(C)S(=O)(=O)c1cccnc1N. The number of nitrogens with zero attached hydrogens (tertiary/aromatic N) is 2. The molecule has 0 aliphatic rings. The lowest BCUT2D eigenvalue weighted by atomic mass is 10.5. The van der Waals surface area contributed by atoms with Crippen molar-refractivity contribution in [2.24, 2.45) is 0 Å². The van der Waals surface area contributed by atoms with E-state index in [1.54, 1.807) is 6.07 Å². The van der Waals surface area contributed by atoms with Crippen molar-refractivity contribution in [3.8, 4) is 0 Å². The van der Waals surface area contributed by atoms with Gasteiger partial charge in [-0.15, -0.1) is 0 Å². The predicted octanol–water partition coefficient (Wildman–Crippen LogP) is 0.694. The Kier molecular flexibility index (Phi) is 3.65. The summed E-state index contributed by atoms with van der Waals surface area (Å²) in [4.78, 5) is 3.83. The van der Waals surface area contributed by atoms with Gasteiger partial charge in [-0.1, -0.05) is 6.92 Å². The quantitative estimate of drug-likeness (QED) is 0.824. The fourth-order valence-electron chi connectivity index (χ4n) is 1.22. The van der Waals surface area contributed by atoms with Crippen LogP contribution in [0.5, 0.6) is 0 Å². The molecule has 1 aromatic rings. The van der Waals surface area contributed by atoms with Gasteiger partial charge in [0.1, 0.15) is 10.7 Å². The molecule has 1 aromatic heterocycles. The molecule has 2 N–H and O–H groups in total. The van der Waals surface area contributed by atoms with Gasteiger partial charge in [-0.2, -0.15) is 0 Å². The number of nitrogen functional groups attached to an aromatic ring is 1. The lowest BCUT2D eigenvalue weighted by Crippen LogP contribution is -2.28. The van der Waals surface area contributed by atoms with Crippen LogP contribution >= 0.6 is 0 Å². The molecule has 0 saturated heterocycles. The van der Waals surface area contributed by atoms with Crippen molar-refractivity contribution in [3.63, 3.8) is 0 Å². The van der Waals surface area contributed by atoms with Gasteiger partial charge in [0.05, 0.1) is 0 Å². The standard InChI is InChI=1S/C9H15N3O2S/c1-3-7-12(2)15(13,14)8-5-4-6-11-9(8)10/h4-6H,3,7H2,1-2H3,(H2,10,11). The molecule has 0 aromatic carbocycles. The van der Waals surface area contributed by atoms with Crippen LogP contribution in [0.1, 0.15) is 13.3 Å². The summed E-state index contributed by atoms with van der Waals surface area (Å²) in [5, 5.41) is 0. The van der Waals surface area contributed by atoms with E-state index < -0.39 is 10.0 Å². The second-order valence-electron chi connectivity index (χ2n) is 3.21. The first-order valence-electron chi connectivity index (χ1n) is 4.67. The summed E-state index contributed by atoms with van der Waals surface area (Å²) < 4.78 is 25.2. The third-order valence-corrected chi connectivity index (χ3v) is 3.93. The molecule has 0 spiro atoms. The fourth-order valence-corrected chi connectivity index (χ4v) is 2.55. The molecule has 6 heteroatoms. The predicted molar refractivity (Wildman–Crippen MR) is 58.8 cm³/mol. The average molecular weight is 229 g/mol. The van der Waals surface area contributed by atoms with Crippen LogP contribution in [0.3, 0.4) is 0 Å². The number of aromatic nitrogens is 1. The van der Waals surface area contributed by atoms with Gasteiger partial charge in [0, 0.05) is 19.8 Å². The second kappa shape index (κ2) is 4.59. The Morgan fingerprint density at radius 2 is 2.20 bits per heavy atom. The highest BCUT2D eigenvalue weighted by molar-refractivity contribution is 7.89. The fraction of sp³-hybridized carbons (Fsp3) is 0.444. The van der Waals surface area contributed by atoms with Crippen LogP contribution in [0.4, 0.5) is 5.82 Å². The van der Waals surface area contributed by atoms with E-state index in [1.807, 2.05) is 6.92 Å². The highest BCUT2D eigenvalue weighted by Gasteiger charge is 2.22. The van der Waals surface area contributed by atoms with Gasteiger partial charge in [-0.25, -0.2) is 17.7 Å². The highest BCUT2D eigenvalue weighted by Crippen LogP contribution is 2.18. The average Bonchev–Trinajstić information content (AvgIpc) is 2.18. The zero-order chi connectivity index (χ0) is 11.5. The summed E-state index contributed by atoms with van der Waals surface area (Å²) in [6, 6.07) is 3.02. The minimum absolute atomic E-state index is 0.0421. The molecule has 5 nitrogen and oxygen atoms in total. The van der Waals surface area contributed by atoms with Gasteiger partial charge < -0.3 is 5.73 Å². The summed E-state index contributed by atoms with van der Waals surface area (Å²) in [6.45, 7) is 2.38. The van der Waals surface area contributed by atoms with Gasteiger partial charge in [0.15, 0.2) is 0 Å². The van der Waals surface area contributed by atoms with E-state index in [-0.39, 0.29) is 10.7 Å². The normalized spacial score (nSPS) is 11.9. The highest BCUT2D eigenvalue weighted by atomic mass is 32.2. The van der Waals surface area contributed by atoms with Gasteiger partial charge >= 0.3 is 0 Å². The van der Waals surface area contributed by atoms with E-state index >= 15 is 0 Å². The maximum absolute atomic E-state index is 11.9. The van der Waals surface area contributed by atoms with Crippen molar-refractivity contribution in [2.75, 3.05) is 19.3 Å². The largest absolute Gasteiger partial charge is 0.383 e. The van der Waals surface area contributed by atoms with Crippen LogP contribution in [-0.2, 0) is 10.0 Å². The molecular weight excluding hydrogens is 214 g/mol. The number of nitrogens with two attached hydrogens (primary N) is 1. The van der Waals surface area contributed by atoms with Crippen LogP contribution in [0.15, 0.2) is 23.2 Å². The molecular formula is C9H15N3O2S. The van der Waals surface area contributed by atoms with Gasteiger partial charge in [-0.3, -0.25) is 0 Å². The van der Waals surface area contributed by atoms with Crippen LogP contribution in [0, 0.1) is 0 Å². The van der Waals surface area contributed by atoms with E-state index in [9.17, 15) is 8.42 Å². The molecule has 15 heavy (non-hydrogen) atoms. The maximum Gasteiger partial charge on any atom is 0.246 e. The first-order valence-corrected chi connectivity index (χ1v) is 6.11. The number of hydrogen-bond acceptors (Lipinski definition) is 4. The molecule has 0 bridgehead atoms. The molecule has 1 rings (SSSR count). The van der Waals surface area contributed by atoms with Gasteiger partial charge in [-0.05, 0) is 18.6 Å². The van der Waals surface area contributed by atoms with Crippen LogP contribution in [-0.4, -0.2) is 31.3 Å². The Labute approximate surface area is 90.0 Å². The van der Waals surface area contributed by atoms with Crippen molar-refractivity contribution in [3.05, 3.63) is 18.3 Å². The molecule has 84 valence electrons. The van der Waals surface area contributed by atoms with Gasteiger partial charge in [0.25, 0.3) is 0 Å². The minimum Gasteiger partial charge on any atom is -0.383 e. The van der Waals surface area contributed by atoms with Crippen molar-refractivity contribution >= 4 is 15.8 Å². The lowest BCUT2D eigenvalue weighted by molar-refractivity contribution is 0.468. The number of hydrogen-bond donors (Lipinski definition) is 1. The summed E-state index contributed by atoms with van der Waals surface area (Å²) >= 11 is 0. The molecule has 0 amide bonds. The zero-order valence-corrected chi connectivity index (χ0v) is 9.66. The zero-order valence-electron chi connectivity index (χ0n) is 8.84. The number of pyridine rings is 1. The van der Waals surface area contributed by atoms with E-state index in [4.69, 9.17) is 5.73 Å². The van der Waals surface area contributed by atoms with Crippen molar-refractivity contribution < 1.29 is 8.42 Å². The Bertz CT molecular complexity index is 431. The third kappa shape index (κ3) is 2.45. The summed E-state index contributed by atoms with van der Waals surface area (Å²) in [6.07, 6.45) is 2.23. The molecule has 0 saturated carbocycles. The lowest BCUT2D eigenvalue weighted by Gasteiger charge is -2.16. The Morgan fingerprint density at radius 1 is 1.53 bits per heavy atom. The third-order valence-electron chi connectivity index (χ3n) is 2.03. The summed E-state index contributed by atoms with van der Waals surface area (Å²) in [5.41, 5.74) is 5.52. The molecule has 0 atom stereocenters. The minimum atomic E-state index is -3.49. The van der Waals surface area contributed by atoms with Crippen LogP contribution < -0.4 is 5.73 Å². The molecule has 0 fully saturated rings. The van der Waals surface area contributed by atoms with E-state index in [0.29, 0.717) is 6.54 Å². The molecule has 0 aliphatic heterocycles. The number of anilines is 1. The Morgan fingerprint density at radius 3 is 2.73 bits per heavy atom. The Hall–Kier alpha value is -1.14. The van der Waals surface area contributed by atoms with Crippen LogP contribution in [0.2, 0.25) is 0 Å². The van der Waals surface area contributed by atoms with Crippen molar-refractivity contribution in [1.29, 1.82) is 0 Å². The molecule has 1 heterocycles. The smallest absolute Gasteiger partial charge is 0.246 e. The molecule has 0 radical (unpaired) electrons. The molecule has 0 aliphatic carbocycles. The Balaban J connectivity index is 3.12. The van der Waals surface area contributed by atoms with Gasteiger partial charge in [0.2, 0.25) is 10.0 Å². The molecule has 0 unspecified atom stereocenters. The topological polar surface area (TPSA) is 76.3 Å². The summed E-state index contributed by atoms with van der Waals surface area (Å²) in [5.74, 6) is 0.0421. The van der Waals surface area contributed by atoms with Crippen molar-refractivity contribution in [1.82, 2.24) is 9.29 Å². The van der Waals surface area contributed by atoms with E-state index in [1.165, 1.54) is 23.6 Å². The summed E-state index contributed by atoms with van der Waals surface area (Å²) in [7, 11) is -1.95. The van der Waals surface area contributed by atoms with E-state index in [2.05, 4.69) is 4.98 Å². The van der Waals surface area contributed by atoms with Crippen LogP contribution in [0.25, 0.3) is 0 Å². The maximum atomic E-state index is 11.9. The first-order chi connectivity index (χ1) is 7.00. The second-order valence-corrected chi connectivity index (χ2v) is 5.23. The monoisotopic (exact) mass is 229 g/mol. The first kappa shape index (κ1) is 11.9.